The first-order valence-corrected chi connectivity index (χ1v) is 8.20. The van der Waals surface area contributed by atoms with Crippen LogP contribution >= 0.6 is 0 Å². The highest BCUT2D eigenvalue weighted by atomic mass is 19.1. The van der Waals surface area contributed by atoms with Crippen molar-refractivity contribution in [3.8, 4) is 11.5 Å². The van der Waals surface area contributed by atoms with Crippen molar-refractivity contribution in [2.75, 3.05) is 39.8 Å². The number of hydrogen-bond donors (Lipinski definition) is 1. The third-order valence-electron chi connectivity index (χ3n) is 3.71. The Morgan fingerprint density at radius 3 is 2.37 bits per heavy atom. The summed E-state index contributed by atoms with van der Waals surface area (Å²) in [5.74, 6) is -0.889. The van der Waals surface area contributed by atoms with Gasteiger partial charge in [-0.2, -0.15) is 0 Å². The first-order chi connectivity index (χ1) is 12.9. The first-order valence-electron chi connectivity index (χ1n) is 8.20. The summed E-state index contributed by atoms with van der Waals surface area (Å²) in [6.45, 7) is 0.738. The standard InChI is InChI=1S/C19H22F2N2O4/c1-23(12-13-4-6-17(26-3)15(20)10-13)19(24)22-14-5-7-18(16(21)11-14)27-9-8-25-2/h4-7,10-11H,8-9,12H2,1-3H3,(H,22,24). The molecule has 0 bridgehead atoms. The zero-order valence-corrected chi connectivity index (χ0v) is 15.4. The normalized spacial score (nSPS) is 10.4. The summed E-state index contributed by atoms with van der Waals surface area (Å²) in [6.07, 6.45) is 0. The zero-order valence-electron chi connectivity index (χ0n) is 15.4. The predicted molar refractivity (Wildman–Crippen MR) is 97.2 cm³/mol. The Morgan fingerprint density at radius 2 is 1.74 bits per heavy atom. The van der Waals surface area contributed by atoms with Crippen molar-refractivity contribution < 1.29 is 27.8 Å². The van der Waals surface area contributed by atoms with Crippen LogP contribution in [0.1, 0.15) is 5.56 Å². The summed E-state index contributed by atoms with van der Waals surface area (Å²) in [5, 5.41) is 2.58. The van der Waals surface area contributed by atoms with Gasteiger partial charge in [-0.25, -0.2) is 13.6 Å². The van der Waals surface area contributed by atoms with Crippen LogP contribution in [0.25, 0.3) is 0 Å². The molecule has 2 amide bonds. The van der Waals surface area contributed by atoms with E-state index >= 15 is 0 Å². The van der Waals surface area contributed by atoms with Crippen molar-refractivity contribution in [2.45, 2.75) is 6.54 Å². The number of nitrogens with zero attached hydrogens (tertiary/aromatic N) is 1. The summed E-state index contributed by atoms with van der Waals surface area (Å²) >= 11 is 0. The topological polar surface area (TPSA) is 60.0 Å². The second kappa shape index (κ2) is 9.72. The van der Waals surface area contributed by atoms with Crippen LogP contribution in [0, 0.1) is 11.6 Å². The van der Waals surface area contributed by atoms with E-state index in [1.807, 2.05) is 0 Å². The molecule has 8 heteroatoms. The Balaban J connectivity index is 1.95. The average Bonchev–Trinajstić information content (AvgIpc) is 2.63. The van der Waals surface area contributed by atoms with Gasteiger partial charge in [-0.05, 0) is 29.8 Å². The number of carbonyl (C=O) groups excluding carboxylic acids is 1. The van der Waals surface area contributed by atoms with Crippen molar-refractivity contribution >= 4 is 11.7 Å². The fourth-order valence-corrected chi connectivity index (χ4v) is 2.30. The van der Waals surface area contributed by atoms with Gasteiger partial charge in [0, 0.05) is 32.5 Å². The Bertz CT molecular complexity index is 786. The third-order valence-corrected chi connectivity index (χ3v) is 3.71. The number of urea groups is 1. The molecule has 0 aliphatic carbocycles. The van der Waals surface area contributed by atoms with Crippen molar-refractivity contribution in [2.24, 2.45) is 0 Å². The molecule has 1 N–H and O–H groups in total. The number of nitrogens with one attached hydrogen (secondary N) is 1. The van der Waals surface area contributed by atoms with Crippen LogP contribution in [-0.4, -0.2) is 45.4 Å². The molecule has 0 aromatic heterocycles. The van der Waals surface area contributed by atoms with Crippen LogP contribution in [0.3, 0.4) is 0 Å². The lowest BCUT2D eigenvalue weighted by atomic mass is 10.2. The molecule has 146 valence electrons. The minimum absolute atomic E-state index is 0.0760. The summed E-state index contributed by atoms with van der Waals surface area (Å²) in [5.41, 5.74) is 0.878. The van der Waals surface area contributed by atoms with E-state index in [-0.39, 0.29) is 30.3 Å². The predicted octanol–water partition coefficient (Wildman–Crippen LogP) is 3.66. The van der Waals surface area contributed by atoms with Gasteiger partial charge in [0.15, 0.2) is 23.1 Å². The highest BCUT2D eigenvalue weighted by molar-refractivity contribution is 5.89. The van der Waals surface area contributed by atoms with E-state index in [1.54, 1.807) is 13.1 Å². The van der Waals surface area contributed by atoms with E-state index in [0.29, 0.717) is 12.2 Å². The van der Waals surface area contributed by atoms with E-state index in [2.05, 4.69) is 5.32 Å². The molecule has 0 saturated carbocycles. The van der Waals surface area contributed by atoms with Gasteiger partial charge in [0.25, 0.3) is 0 Å². The molecule has 0 atom stereocenters. The van der Waals surface area contributed by atoms with Gasteiger partial charge in [0.05, 0.1) is 13.7 Å². The number of amides is 2. The maximum absolute atomic E-state index is 14.0. The molecule has 0 unspecified atom stereocenters. The smallest absolute Gasteiger partial charge is 0.321 e. The molecule has 6 nitrogen and oxygen atoms in total. The molecule has 0 spiro atoms. The fraction of sp³-hybridized carbons (Fsp3) is 0.316. The molecule has 0 fully saturated rings. The number of hydrogen-bond acceptors (Lipinski definition) is 4. The molecule has 0 aliphatic heterocycles. The minimum Gasteiger partial charge on any atom is -0.494 e. The van der Waals surface area contributed by atoms with Crippen LogP contribution < -0.4 is 14.8 Å². The molecular weight excluding hydrogens is 358 g/mol. The van der Waals surface area contributed by atoms with Gasteiger partial charge in [-0.15, -0.1) is 0 Å². The number of ether oxygens (including phenoxy) is 3. The monoisotopic (exact) mass is 380 g/mol. The Morgan fingerprint density at radius 1 is 1.04 bits per heavy atom. The third kappa shape index (κ3) is 5.82. The summed E-state index contributed by atoms with van der Waals surface area (Å²) in [6, 6.07) is 8.13. The van der Waals surface area contributed by atoms with Gasteiger partial charge in [0.2, 0.25) is 0 Å². The van der Waals surface area contributed by atoms with E-state index in [1.165, 1.54) is 49.5 Å². The number of methoxy groups -OCH3 is 2. The van der Waals surface area contributed by atoms with Crippen LogP contribution in [0.5, 0.6) is 11.5 Å². The number of rotatable bonds is 8. The molecule has 27 heavy (non-hydrogen) atoms. The van der Waals surface area contributed by atoms with E-state index in [4.69, 9.17) is 14.2 Å². The largest absolute Gasteiger partial charge is 0.494 e. The molecule has 0 aliphatic rings. The highest BCUT2D eigenvalue weighted by Gasteiger charge is 2.13. The van der Waals surface area contributed by atoms with Gasteiger partial charge >= 0.3 is 6.03 Å². The second-order valence-electron chi connectivity index (χ2n) is 5.74. The van der Waals surface area contributed by atoms with Crippen LogP contribution in [0.15, 0.2) is 36.4 Å². The van der Waals surface area contributed by atoms with E-state index in [9.17, 15) is 13.6 Å². The second-order valence-corrected chi connectivity index (χ2v) is 5.74. The lowest BCUT2D eigenvalue weighted by molar-refractivity contribution is 0.144. The van der Waals surface area contributed by atoms with E-state index in [0.717, 1.165) is 0 Å². The zero-order chi connectivity index (χ0) is 19.8. The van der Waals surface area contributed by atoms with Gasteiger partial charge in [-0.1, -0.05) is 6.07 Å². The van der Waals surface area contributed by atoms with Crippen molar-refractivity contribution in [3.05, 3.63) is 53.6 Å². The first kappa shape index (κ1) is 20.4. The lowest BCUT2D eigenvalue weighted by Crippen LogP contribution is -2.30. The van der Waals surface area contributed by atoms with Gasteiger partial charge in [0.1, 0.15) is 6.61 Å². The molecule has 2 rings (SSSR count). The molecule has 2 aromatic rings. The Labute approximate surface area is 156 Å². The van der Waals surface area contributed by atoms with Crippen molar-refractivity contribution in [1.29, 1.82) is 0 Å². The number of anilines is 1. The minimum atomic E-state index is -0.594. The van der Waals surface area contributed by atoms with Crippen LogP contribution in [0.4, 0.5) is 19.3 Å². The fourth-order valence-electron chi connectivity index (χ4n) is 2.30. The summed E-state index contributed by atoms with van der Waals surface area (Å²) in [7, 11) is 4.45. The molecule has 0 heterocycles. The summed E-state index contributed by atoms with van der Waals surface area (Å²) in [4.78, 5) is 13.6. The average molecular weight is 380 g/mol. The highest BCUT2D eigenvalue weighted by Crippen LogP contribution is 2.22. The Hall–Kier alpha value is -2.87. The Kier molecular flexibility index (Phi) is 7.36. The van der Waals surface area contributed by atoms with Gasteiger partial charge in [-0.3, -0.25) is 0 Å². The number of benzene rings is 2. The molecular formula is C19H22F2N2O4. The maximum atomic E-state index is 14.0. The lowest BCUT2D eigenvalue weighted by Gasteiger charge is -2.18. The van der Waals surface area contributed by atoms with Crippen molar-refractivity contribution in [1.82, 2.24) is 4.90 Å². The van der Waals surface area contributed by atoms with Crippen LogP contribution in [-0.2, 0) is 11.3 Å². The van der Waals surface area contributed by atoms with Crippen LogP contribution in [0.2, 0.25) is 0 Å². The maximum Gasteiger partial charge on any atom is 0.321 e. The SMILES string of the molecule is COCCOc1ccc(NC(=O)N(C)Cc2ccc(OC)c(F)c2)cc1F. The molecule has 0 saturated heterocycles. The number of halogens is 2. The van der Waals surface area contributed by atoms with Crippen molar-refractivity contribution in [3.63, 3.8) is 0 Å². The number of carbonyl (C=O) groups is 1. The molecule has 0 radical (unpaired) electrons. The van der Waals surface area contributed by atoms with E-state index < -0.39 is 17.7 Å². The van der Waals surface area contributed by atoms with Gasteiger partial charge < -0.3 is 24.4 Å². The summed E-state index contributed by atoms with van der Waals surface area (Å²) < 4.78 is 42.7. The molecule has 2 aromatic carbocycles. The quantitative estimate of drug-likeness (QED) is 0.710.